The summed E-state index contributed by atoms with van der Waals surface area (Å²) in [5.41, 5.74) is 0.641. The minimum absolute atomic E-state index is 0.0216. The zero-order valence-corrected chi connectivity index (χ0v) is 15.1. The molecule has 2 aliphatic rings. The molecule has 2 aromatic heterocycles. The van der Waals surface area contributed by atoms with Crippen LogP contribution in [0.2, 0.25) is 0 Å². The van der Waals surface area contributed by atoms with E-state index in [2.05, 4.69) is 10.1 Å². The third-order valence-electron chi connectivity index (χ3n) is 5.39. The smallest absolute Gasteiger partial charge is 0.356 e. The molecule has 2 aromatic rings. The van der Waals surface area contributed by atoms with E-state index in [1.807, 2.05) is 16.7 Å². The molecule has 0 aliphatic carbocycles. The standard InChI is InChI=1S/C18H20F3N5O/c1-11-5-15(24(2)23-11)17(27)26-9-12-7-25(8-13(12)10-26)16-4-3-14(6-22-16)18(19,20)21/h3-6,12-13H,7-10H2,1-2H3. The molecule has 4 heterocycles. The van der Waals surface area contributed by atoms with Crippen LogP contribution in [0.4, 0.5) is 19.0 Å². The average Bonchev–Trinajstić information content (AvgIpc) is 3.26. The molecule has 0 aromatic carbocycles. The van der Waals surface area contributed by atoms with Crippen LogP contribution < -0.4 is 4.90 Å². The number of nitrogens with zero attached hydrogens (tertiary/aromatic N) is 5. The highest BCUT2D eigenvalue weighted by molar-refractivity contribution is 5.93. The summed E-state index contributed by atoms with van der Waals surface area (Å²) in [6, 6.07) is 4.27. The van der Waals surface area contributed by atoms with Gasteiger partial charge in [-0.05, 0) is 25.1 Å². The van der Waals surface area contributed by atoms with Crippen molar-refractivity contribution in [2.75, 3.05) is 31.1 Å². The summed E-state index contributed by atoms with van der Waals surface area (Å²) in [6.45, 7) is 4.52. The molecule has 2 atom stereocenters. The maximum atomic E-state index is 12.7. The molecule has 0 bridgehead atoms. The quantitative estimate of drug-likeness (QED) is 0.804. The van der Waals surface area contributed by atoms with Crippen LogP contribution in [0.1, 0.15) is 21.7 Å². The van der Waals surface area contributed by atoms with Crippen LogP contribution in [0.25, 0.3) is 0 Å². The lowest BCUT2D eigenvalue weighted by Gasteiger charge is -2.22. The normalized spacial score (nSPS) is 22.4. The van der Waals surface area contributed by atoms with Gasteiger partial charge in [-0.3, -0.25) is 9.48 Å². The number of alkyl halides is 3. The average molecular weight is 379 g/mol. The van der Waals surface area contributed by atoms with Gasteiger partial charge in [-0.1, -0.05) is 0 Å². The molecule has 9 heteroatoms. The number of halogens is 3. The lowest BCUT2D eigenvalue weighted by Crippen LogP contribution is -2.34. The Balaban J connectivity index is 1.41. The molecule has 4 rings (SSSR count). The third-order valence-corrected chi connectivity index (χ3v) is 5.39. The maximum Gasteiger partial charge on any atom is 0.417 e. The first kappa shape index (κ1) is 17.8. The van der Waals surface area contributed by atoms with Crippen molar-refractivity contribution in [3.05, 3.63) is 41.3 Å². The van der Waals surface area contributed by atoms with Gasteiger partial charge in [0.2, 0.25) is 0 Å². The molecule has 0 saturated carbocycles. The summed E-state index contributed by atoms with van der Waals surface area (Å²) in [5, 5.41) is 4.22. The molecule has 2 unspecified atom stereocenters. The van der Waals surface area contributed by atoms with Crippen molar-refractivity contribution in [2.45, 2.75) is 13.1 Å². The number of aromatic nitrogens is 3. The maximum absolute atomic E-state index is 12.7. The summed E-state index contributed by atoms with van der Waals surface area (Å²) in [6.07, 6.45) is -3.50. The number of amides is 1. The molecule has 2 fully saturated rings. The van der Waals surface area contributed by atoms with Gasteiger partial charge in [0.15, 0.2) is 0 Å². The fourth-order valence-corrected chi connectivity index (χ4v) is 4.06. The van der Waals surface area contributed by atoms with Crippen molar-refractivity contribution in [1.82, 2.24) is 19.7 Å². The fourth-order valence-electron chi connectivity index (χ4n) is 4.06. The molecule has 0 N–H and O–H groups in total. The summed E-state index contributed by atoms with van der Waals surface area (Å²) >= 11 is 0. The van der Waals surface area contributed by atoms with E-state index in [0.29, 0.717) is 49.5 Å². The Hall–Kier alpha value is -2.58. The highest BCUT2D eigenvalue weighted by Gasteiger charge is 2.42. The lowest BCUT2D eigenvalue weighted by molar-refractivity contribution is -0.137. The van der Waals surface area contributed by atoms with Crippen LogP contribution in [-0.4, -0.2) is 51.8 Å². The minimum Gasteiger partial charge on any atom is -0.356 e. The van der Waals surface area contributed by atoms with Crippen molar-refractivity contribution in [2.24, 2.45) is 18.9 Å². The van der Waals surface area contributed by atoms with Gasteiger partial charge in [0.1, 0.15) is 11.5 Å². The van der Waals surface area contributed by atoms with E-state index < -0.39 is 11.7 Å². The first-order valence-electron chi connectivity index (χ1n) is 8.80. The van der Waals surface area contributed by atoms with E-state index in [1.54, 1.807) is 17.8 Å². The van der Waals surface area contributed by atoms with Gasteiger partial charge in [-0.15, -0.1) is 0 Å². The largest absolute Gasteiger partial charge is 0.417 e. The number of rotatable bonds is 2. The number of hydrogen-bond donors (Lipinski definition) is 0. The monoisotopic (exact) mass is 379 g/mol. The van der Waals surface area contributed by atoms with Gasteiger partial charge in [-0.2, -0.15) is 18.3 Å². The number of pyridine rings is 1. The SMILES string of the molecule is Cc1cc(C(=O)N2CC3CN(c4ccc(C(F)(F)F)cn4)CC3C2)n(C)n1. The van der Waals surface area contributed by atoms with Gasteiger partial charge in [0.05, 0.1) is 11.3 Å². The Labute approximate surface area is 154 Å². The second kappa shape index (κ2) is 6.24. The molecular weight excluding hydrogens is 359 g/mol. The van der Waals surface area contributed by atoms with E-state index in [4.69, 9.17) is 0 Å². The van der Waals surface area contributed by atoms with E-state index in [-0.39, 0.29) is 5.91 Å². The van der Waals surface area contributed by atoms with Gasteiger partial charge < -0.3 is 9.80 Å². The van der Waals surface area contributed by atoms with E-state index in [9.17, 15) is 18.0 Å². The fraction of sp³-hybridized carbons (Fsp3) is 0.500. The first-order valence-corrected chi connectivity index (χ1v) is 8.80. The summed E-state index contributed by atoms with van der Waals surface area (Å²) in [4.78, 5) is 20.6. The van der Waals surface area contributed by atoms with Gasteiger partial charge in [0.25, 0.3) is 5.91 Å². The van der Waals surface area contributed by atoms with Crippen molar-refractivity contribution >= 4 is 11.7 Å². The van der Waals surface area contributed by atoms with Crippen molar-refractivity contribution in [3.63, 3.8) is 0 Å². The topological polar surface area (TPSA) is 54.3 Å². The van der Waals surface area contributed by atoms with Crippen molar-refractivity contribution in [3.8, 4) is 0 Å². The number of carbonyl (C=O) groups excluding carboxylic acids is 1. The molecule has 0 spiro atoms. The van der Waals surface area contributed by atoms with Gasteiger partial charge in [-0.25, -0.2) is 4.98 Å². The van der Waals surface area contributed by atoms with E-state index in [1.165, 1.54) is 6.07 Å². The zero-order chi connectivity index (χ0) is 19.3. The third kappa shape index (κ3) is 3.26. The van der Waals surface area contributed by atoms with Gasteiger partial charge >= 0.3 is 6.18 Å². The van der Waals surface area contributed by atoms with Crippen molar-refractivity contribution < 1.29 is 18.0 Å². The molecule has 0 radical (unpaired) electrons. The van der Waals surface area contributed by atoms with Crippen LogP contribution >= 0.6 is 0 Å². The number of aryl methyl sites for hydroxylation is 2. The number of likely N-dealkylation sites (tertiary alicyclic amines) is 1. The molecule has 27 heavy (non-hydrogen) atoms. The second-order valence-electron chi connectivity index (χ2n) is 7.33. The summed E-state index contributed by atoms with van der Waals surface area (Å²) in [7, 11) is 1.76. The Morgan fingerprint density at radius 1 is 1.15 bits per heavy atom. The predicted molar refractivity (Wildman–Crippen MR) is 92.3 cm³/mol. The van der Waals surface area contributed by atoms with Crippen LogP contribution in [0.3, 0.4) is 0 Å². The summed E-state index contributed by atoms with van der Waals surface area (Å²) < 4.78 is 39.6. The number of hydrogen-bond acceptors (Lipinski definition) is 4. The Morgan fingerprint density at radius 3 is 2.30 bits per heavy atom. The van der Waals surface area contributed by atoms with Crippen molar-refractivity contribution in [1.29, 1.82) is 0 Å². The first-order chi connectivity index (χ1) is 12.7. The van der Waals surface area contributed by atoms with Crippen LogP contribution in [0.15, 0.2) is 24.4 Å². The number of anilines is 1. The molecular formula is C18H20F3N5O. The Bertz CT molecular complexity index is 847. The number of carbonyl (C=O) groups is 1. The molecule has 1 amide bonds. The summed E-state index contributed by atoms with van der Waals surface area (Å²) in [5.74, 6) is 1.13. The van der Waals surface area contributed by atoms with Crippen LogP contribution in [-0.2, 0) is 13.2 Å². The lowest BCUT2D eigenvalue weighted by atomic mass is 10.0. The Kier molecular flexibility index (Phi) is 4.12. The molecule has 144 valence electrons. The minimum atomic E-state index is -4.38. The second-order valence-corrected chi connectivity index (χ2v) is 7.33. The molecule has 2 saturated heterocycles. The highest BCUT2D eigenvalue weighted by Crippen LogP contribution is 2.35. The molecule has 2 aliphatic heterocycles. The van der Waals surface area contributed by atoms with E-state index in [0.717, 1.165) is 18.0 Å². The van der Waals surface area contributed by atoms with Crippen LogP contribution in [0, 0.1) is 18.8 Å². The zero-order valence-electron chi connectivity index (χ0n) is 15.1. The number of fused-ring (bicyclic) bond motifs is 1. The van der Waals surface area contributed by atoms with E-state index >= 15 is 0 Å². The molecule has 6 nitrogen and oxygen atoms in total. The van der Waals surface area contributed by atoms with Crippen LogP contribution in [0.5, 0.6) is 0 Å². The van der Waals surface area contributed by atoms with Gasteiger partial charge in [0, 0.05) is 51.3 Å². The highest BCUT2D eigenvalue weighted by atomic mass is 19.4. The Morgan fingerprint density at radius 2 is 1.81 bits per heavy atom. The predicted octanol–water partition coefficient (Wildman–Crippen LogP) is 2.35.